The lowest BCUT2D eigenvalue weighted by molar-refractivity contribution is -0.161. The highest BCUT2D eigenvalue weighted by molar-refractivity contribution is 7.47. The maximum atomic E-state index is 13.0. The van der Waals surface area contributed by atoms with Crippen molar-refractivity contribution in [3.8, 4) is 0 Å². The molecule has 0 aromatic rings. The van der Waals surface area contributed by atoms with Gasteiger partial charge in [-0.2, -0.15) is 0 Å². The standard InChI is InChI=1S/C63H122O17P2/c1-7-10-12-14-15-16-23-29-35-41-47-62(67)79-58(51-73-60(65)45-39-31-13-11-8-2)53-77-81(69,70)75-49-57(64)50-76-82(71,72)78-54-59(52-74-61(66)46-40-34-28-24-19-17-21-26-32-37-43-55(4)5)80-63(68)48-42-36-30-25-20-18-22-27-33-38-44-56(6)9-3/h55-59,64H,7-54H2,1-6H3,(H,69,70)(H,71,72)/t56?,57-,58+,59+/m0/s1. The van der Waals surface area contributed by atoms with Crippen molar-refractivity contribution in [1.29, 1.82) is 0 Å². The van der Waals surface area contributed by atoms with Gasteiger partial charge in [0.15, 0.2) is 12.2 Å². The number of ether oxygens (including phenoxy) is 4. The van der Waals surface area contributed by atoms with Crippen LogP contribution in [0, 0.1) is 11.8 Å². The molecule has 17 nitrogen and oxygen atoms in total. The Morgan fingerprint density at radius 2 is 0.622 bits per heavy atom. The molecular weight excluding hydrogens is 1090 g/mol. The SMILES string of the molecule is CCCCCCCCCCCCC(=O)O[C@H](COC(=O)CCCCCCC)COP(=O)(O)OC[C@H](O)COP(=O)(O)OC[C@@H](COC(=O)CCCCCCCCCCCCC(C)C)OC(=O)CCCCCCCCCCCCC(C)CC. The Morgan fingerprint density at radius 1 is 0.354 bits per heavy atom. The van der Waals surface area contributed by atoms with Gasteiger partial charge in [0.25, 0.3) is 0 Å². The molecule has 6 atom stereocenters. The number of hydrogen-bond acceptors (Lipinski definition) is 15. The summed E-state index contributed by atoms with van der Waals surface area (Å²) in [6.45, 7) is 9.41. The van der Waals surface area contributed by atoms with E-state index in [9.17, 15) is 43.2 Å². The zero-order valence-corrected chi connectivity index (χ0v) is 54.6. The van der Waals surface area contributed by atoms with Gasteiger partial charge in [0.2, 0.25) is 0 Å². The number of esters is 4. The number of unbranched alkanes of at least 4 members (excludes halogenated alkanes) is 31. The normalized spacial score (nSPS) is 14.7. The Hall–Kier alpha value is -1.94. The number of phosphoric acid groups is 2. The van der Waals surface area contributed by atoms with Crippen LogP contribution in [0.25, 0.3) is 0 Å². The molecule has 3 unspecified atom stereocenters. The summed E-state index contributed by atoms with van der Waals surface area (Å²) in [4.78, 5) is 71.9. The van der Waals surface area contributed by atoms with Gasteiger partial charge in [0.1, 0.15) is 19.3 Å². The zero-order valence-electron chi connectivity index (χ0n) is 52.8. The van der Waals surface area contributed by atoms with Gasteiger partial charge in [-0.05, 0) is 37.5 Å². The largest absolute Gasteiger partial charge is 0.472 e. The molecule has 0 amide bonds. The molecule has 0 saturated heterocycles. The second kappa shape index (κ2) is 55.6. The smallest absolute Gasteiger partial charge is 0.462 e. The minimum absolute atomic E-state index is 0.105. The first-order chi connectivity index (χ1) is 39.4. The number of hydrogen-bond donors (Lipinski definition) is 3. The van der Waals surface area contributed by atoms with Crippen LogP contribution in [0.15, 0.2) is 0 Å². The number of carbonyl (C=O) groups excluding carboxylic acids is 4. The van der Waals surface area contributed by atoms with E-state index in [0.717, 1.165) is 108 Å². The number of aliphatic hydroxyl groups excluding tert-OH is 1. The van der Waals surface area contributed by atoms with Gasteiger partial charge in [-0.3, -0.25) is 37.3 Å². The Morgan fingerprint density at radius 3 is 0.927 bits per heavy atom. The molecule has 486 valence electrons. The van der Waals surface area contributed by atoms with Crippen molar-refractivity contribution >= 4 is 39.5 Å². The van der Waals surface area contributed by atoms with Crippen molar-refractivity contribution in [2.75, 3.05) is 39.6 Å². The molecule has 0 saturated carbocycles. The number of carbonyl (C=O) groups is 4. The summed E-state index contributed by atoms with van der Waals surface area (Å²) < 4.78 is 67.8. The molecule has 0 aliphatic rings. The summed E-state index contributed by atoms with van der Waals surface area (Å²) >= 11 is 0. The Bertz CT molecular complexity index is 1620. The maximum Gasteiger partial charge on any atom is 0.472 e. The topological polar surface area (TPSA) is 237 Å². The van der Waals surface area contributed by atoms with E-state index in [-0.39, 0.29) is 25.7 Å². The fraction of sp³-hybridized carbons (Fsp3) is 0.937. The average molecular weight is 1210 g/mol. The van der Waals surface area contributed by atoms with Crippen molar-refractivity contribution in [2.45, 2.75) is 330 Å². The molecule has 3 N–H and O–H groups in total. The van der Waals surface area contributed by atoms with Crippen molar-refractivity contribution in [2.24, 2.45) is 11.8 Å². The number of phosphoric ester groups is 2. The summed E-state index contributed by atoms with van der Waals surface area (Å²) in [5.74, 6) is -0.584. The molecule has 82 heavy (non-hydrogen) atoms. The predicted octanol–water partition coefficient (Wildman–Crippen LogP) is 17.3. The van der Waals surface area contributed by atoms with Crippen molar-refractivity contribution in [3.63, 3.8) is 0 Å². The van der Waals surface area contributed by atoms with E-state index in [1.54, 1.807) is 0 Å². The van der Waals surface area contributed by atoms with E-state index in [0.29, 0.717) is 25.7 Å². The van der Waals surface area contributed by atoms with Gasteiger partial charge >= 0.3 is 39.5 Å². The first-order valence-electron chi connectivity index (χ1n) is 33.0. The predicted molar refractivity (Wildman–Crippen MR) is 326 cm³/mol. The molecule has 0 rings (SSSR count). The molecule has 0 aromatic heterocycles. The maximum absolute atomic E-state index is 13.0. The summed E-state index contributed by atoms with van der Waals surface area (Å²) in [5, 5.41) is 10.5. The van der Waals surface area contributed by atoms with Gasteiger partial charge in [-0.25, -0.2) is 9.13 Å². The Kier molecular flexibility index (Phi) is 54.3. The zero-order chi connectivity index (χ0) is 60.8. The van der Waals surface area contributed by atoms with Crippen molar-refractivity contribution in [1.82, 2.24) is 0 Å². The highest BCUT2D eigenvalue weighted by Crippen LogP contribution is 2.45. The third kappa shape index (κ3) is 55.9. The van der Waals surface area contributed by atoms with E-state index >= 15 is 0 Å². The van der Waals surface area contributed by atoms with Crippen LogP contribution in [0.5, 0.6) is 0 Å². The van der Waals surface area contributed by atoms with Gasteiger partial charge in [0.05, 0.1) is 26.4 Å². The van der Waals surface area contributed by atoms with Crippen LogP contribution >= 0.6 is 15.6 Å². The van der Waals surface area contributed by atoms with Gasteiger partial charge in [0, 0.05) is 25.7 Å². The van der Waals surface area contributed by atoms with Crippen LogP contribution in [0.1, 0.15) is 311 Å². The summed E-state index contributed by atoms with van der Waals surface area (Å²) in [5.41, 5.74) is 0. The minimum atomic E-state index is -4.94. The second-order valence-electron chi connectivity index (χ2n) is 23.5. The Balaban J connectivity index is 5.19. The second-order valence-corrected chi connectivity index (χ2v) is 26.4. The Labute approximate surface area is 498 Å². The van der Waals surface area contributed by atoms with E-state index in [2.05, 4.69) is 41.5 Å². The van der Waals surface area contributed by atoms with E-state index in [1.165, 1.54) is 122 Å². The lowest BCUT2D eigenvalue weighted by Gasteiger charge is -2.21. The molecule has 0 heterocycles. The van der Waals surface area contributed by atoms with Crippen LogP contribution in [0.3, 0.4) is 0 Å². The summed E-state index contributed by atoms with van der Waals surface area (Å²) in [6.07, 6.45) is 37.8. The van der Waals surface area contributed by atoms with Crippen LogP contribution < -0.4 is 0 Å². The number of rotatable bonds is 62. The molecule has 0 aliphatic heterocycles. The highest BCUT2D eigenvalue weighted by Gasteiger charge is 2.30. The lowest BCUT2D eigenvalue weighted by atomic mass is 9.99. The molecule has 19 heteroatoms. The van der Waals surface area contributed by atoms with Gasteiger partial charge < -0.3 is 33.8 Å². The summed E-state index contributed by atoms with van der Waals surface area (Å²) in [7, 11) is -9.88. The molecule has 0 aliphatic carbocycles. The molecule has 0 bridgehead atoms. The average Bonchev–Trinajstić information content (AvgIpc) is 3.47. The molecule has 0 radical (unpaired) electrons. The molecule has 0 fully saturated rings. The lowest BCUT2D eigenvalue weighted by Crippen LogP contribution is -2.30. The van der Waals surface area contributed by atoms with Gasteiger partial charge in [-0.15, -0.1) is 0 Å². The van der Waals surface area contributed by atoms with Crippen LogP contribution in [-0.2, 0) is 65.4 Å². The van der Waals surface area contributed by atoms with Crippen LogP contribution in [0.2, 0.25) is 0 Å². The number of aliphatic hydroxyl groups is 1. The van der Waals surface area contributed by atoms with Crippen LogP contribution in [0.4, 0.5) is 0 Å². The first-order valence-corrected chi connectivity index (χ1v) is 36.0. The fourth-order valence-electron chi connectivity index (χ4n) is 9.32. The van der Waals surface area contributed by atoms with Crippen LogP contribution in [-0.4, -0.2) is 96.7 Å². The third-order valence-electron chi connectivity index (χ3n) is 14.8. The monoisotopic (exact) mass is 1210 g/mol. The highest BCUT2D eigenvalue weighted by atomic mass is 31.2. The first kappa shape index (κ1) is 80.1. The third-order valence-corrected chi connectivity index (χ3v) is 16.7. The van der Waals surface area contributed by atoms with Crippen molar-refractivity contribution in [3.05, 3.63) is 0 Å². The summed E-state index contributed by atoms with van der Waals surface area (Å²) in [6, 6.07) is 0. The fourth-order valence-corrected chi connectivity index (χ4v) is 10.9. The van der Waals surface area contributed by atoms with E-state index < -0.39 is 97.5 Å². The van der Waals surface area contributed by atoms with E-state index in [1.807, 2.05) is 0 Å². The minimum Gasteiger partial charge on any atom is -0.462 e. The molecule has 0 aromatic carbocycles. The van der Waals surface area contributed by atoms with E-state index in [4.69, 9.17) is 37.0 Å². The molecular formula is C63H122O17P2. The molecule has 0 spiro atoms. The quantitative estimate of drug-likeness (QED) is 0.0222. The van der Waals surface area contributed by atoms with Gasteiger partial charge in [-0.1, -0.05) is 260 Å². The van der Waals surface area contributed by atoms with Crippen molar-refractivity contribution < 1.29 is 80.2 Å².